The number of fused-ring (bicyclic) bond motifs is 2. The lowest BCUT2D eigenvalue weighted by molar-refractivity contribution is -0.903. The maximum atomic E-state index is 12.9. The summed E-state index contributed by atoms with van der Waals surface area (Å²) in [6.45, 7) is 14.5. The smallest absolute Gasteiger partial charge is 0.315 e. The molecule has 1 saturated carbocycles. The molecule has 0 unspecified atom stereocenters. The predicted molar refractivity (Wildman–Crippen MR) is 124 cm³/mol. The van der Waals surface area contributed by atoms with Crippen LogP contribution >= 0.6 is 0 Å². The van der Waals surface area contributed by atoms with Crippen LogP contribution in [0.4, 0.5) is 5.69 Å². The van der Waals surface area contributed by atoms with Gasteiger partial charge in [0.2, 0.25) is 0 Å². The molecule has 2 aliphatic carbocycles. The van der Waals surface area contributed by atoms with Gasteiger partial charge < -0.3 is 14.5 Å². The summed E-state index contributed by atoms with van der Waals surface area (Å²) < 4.78 is 5.98. The standard InChI is InChI=1S/C27H38N2O2/c1-18-7-5-9-24(20(18)3)29-13-11-28(12-14-29)17-22-21-15-23-19(2)8-6-10-27(23,4)16-25(21)31-26(22)30/h5,7,9,15,19,21-22,25H,6,8,10-14,16-17H2,1-4H3/p+1/t19-,21-,22+,25+,27+/m1/s1. The molecule has 5 atom stereocenters. The maximum Gasteiger partial charge on any atom is 0.315 e. The summed E-state index contributed by atoms with van der Waals surface area (Å²) >= 11 is 0. The third kappa shape index (κ3) is 3.71. The molecule has 0 amide bonds. The van der Waals surface area contributed by atoms with Crippen molar-refractivity contribution >= 4 is 11.7 Å². The molecule has 0 bridgehead atoms. The van der Waals surface area contributed by atoms with E-state index in [9.17, 15) is 4.79 Å². The summed E-state index contributed by atoms with van der Waals surface area (Å²) in [6.07, 6.45) is 7.49. The van der Waals surface area contributed by atoms with Gasteiger partial charge >= 0.3 is 5.97 Å². The van der Waals surface area contributed by atoms with Crippen LogP contribution in [0.15, 0.2) is 29.8 Å². The second kappa shape index (κ2) is 7.95. The first-order chi connectivity index (χ1) is 14.9. The molecule has 4 nitrogen and oxygen atoms in total. The maximum absolute atomic E-state index is 12.9. The molecule has 5 rings (SSSR count). The molecule has 168 valence electrons. The Morgan fingerprint density at radius 1 is 1.23 bits per heavy atom. The van der Waals surface area contributed by atoms with Crippen molar-refractivity contribution in [3.63, 3.8) is 0 Å². The van der Waals surface area contributed by atoms with Crippen LogP contribution in [-0.2, 0) is 9.53 Å². The average molecular weight is 424 g/mol. The van der Waals surface area contributed by atoms with E-state index in [2.05, 4.69) is 56.9 Å². The Morgan fingerprint density at radius 3 is 2.77 bits per heavy atom. The van der Waals surface area contributed by atoms with Crippen LogP contribution in [0.5, 0.6) is 0 Å². The molecule has 0 radical (unpaired) electrons. The van der Waals surface area contributed by atoms with E-state index in [1.807, 2.05) is 0 Å². The first-order valence-electron chi connectivity index (χ1n) is 12.4. The third-order valence-electron chi connectivity index (χ3n) is 8.98. The van der Waals surface area contributed by atoms with Crippen LogP contribution in [-0.4, -0.2) is 44.8 Å². The molecule has 3 fully saturated rings. The van der Waals surface area contributed by atoms with Gasteiger partial charge in [-0.05, 0) is 61.6 Å². The predicted octanol–water partition coefficient (Wildman–Crippen LogP) is 3.32. The van der Waals surface area contributed by atoms with Gasteiger partial charge in [-0.15, -0.1) is 0 Å². The van der Waals surface area contributed by atoms with Crippen LogP contribution in [0.1, 0.15) is 50.7 Å². The topological polar surface area (TPSA) is 34.0 Å². The molecule has 31 heavy (non-hydrogen) atoms. The Labute approximate surface area is 187 Å². The Kier molecular flexibility index (Phi) is 5.40. The van der Waals surface area contributed by atoms with E-state index in [0.717, 1.165) is 39.1 Å². The quantitative estimate of drug-likeness (QED) is 0.598. The highest BCUT2D eigenvalue weighted by molar-refractivity contribution is 5.76. The van der Waals surface area contributed by atoms with Crippen molar-refractivity contribution < 1.29 is 14.4 Å². The second-order valence-electron chi connectivity index (χ2n) is 11.0. The molecule has 1 aromatic rings. The van der Waals surface area contributed by atoms with Gasteiger partial charge in [-0.1, -0.05) is 44.1 Å². The van der Waals surface area contributed by atoms with Crippen LogP contribution in [0.2, 0.25) is 0 Å². The number of quaternary nitrogens is 1. The number of esters is 1. The summed E-state index contributed by atoms with van der Waals surface area (Å²) in [5, 5.41) is 0. The normalized spacial score (nSPS) is 35.9. The SMILES string of the molecule is Cc1cccc(N2CC[NH+](C[C@@H]3C(=O)O[C@H]4C[C@]5(C)CCC[C@@H](C)C5=C[C@@H]43)CC2)c1C. The fraction of sp³-hybridized carbons (Fsp3) is 0.667. The number of carbonyl (C=O) groups is 1. The Balaban J connectivity index is 1.27. The molecule has 2 heterocycles. The highest BCUT2D eigenvalue weighted by Gasteiger charge is 2.52. The minimum absolute atomic E-state index is 0.0402. The average Bonchev–Trinajstić information content (AvgIpc) is 3.03. The lowest BCUT2D eigenvalue weighted by Crippen LogP contribution is -3.15. The number of benzene rings is 1. The third-order valence-corrected chi connectivity index (χ3v) is 8.98. The van der Waals surface area contributed by atoms with Gasteiger partial charge in [-0.3, -0.25) is 4.79 Å². The molecule has 1 aromatic carbocycles. The van der Waals surface area contributed by atoms with Gasteiger partial charge in [-0.2, -0.15) is 0 Å². The molecule has 2 saturated heterocycles. The number of piperazine rings is 1. The molecule has 4 heteroatoms. The molecular formula is C27H39N2O2+. The number of ether oxygens (including phenoxy) is 1. The largest absolute Gasteiger partial charge is 0.461 e. The molecule has 0 aromatic heterocycles. The van der Waals surface area contributed by atoms with Crippen LogP contribution in [0.3, 0.4) is 0 Å². The molecule has 2 aliphatic heterocycles. The van der Waals surface area contributed by atoms with Crippen molar-refractivity contribution in [2.45, 2.75) is 59.5 Å². The number of nitrogens with one attached hydrogen (secondary N) is 1. The van der Waals surface area contributed by atoms with Crippen molar-refractivity contribution in [1.29, 1.82) is 0 Å². The lowest BCUT2D eigenvalue weighted by Gasteiger charge is -2.46. The molecule has 4 aliphatic rings. The van der Waals surface area contributed by atoms with Gasteiger partial charge in [-0.25, -0.2) is 0 Å². The van der Waals surface area contributed by atoms with Crippen LogP contribution in [0.25, 0.3) is 0 Å². The Bertz CT molecular complexity index is 885. The van der Waals surface area contributed by atoms with Gasteiger partial charge in [0, 0.05) is 11.6 Å². The zero-order chi connectivity index (χ0) is 21.8. The number of anilines is 1. The summed E-state index contributed by atoms with van der Waals surface area (Å²) in [5.74, 6) is 1.05. The van der Waals surface area contributed by atoms with E-state index < -0.39 is 0 Å². The van der Waals surface area contributed by atoms with E-state index in [0.29, 0.717) is 11.8 Å². The number of allylic oxidation sites excluding steroid dienone is 1. The number of carbonyl (C=O) groups excluding carboxylic acids is 1. The van der Waals surface area contributed by atoms with E-state index in [1.54, 1.807) is 10.5 Å². The van der Waals surface area contributed by atoms with Crippen molar-refractivity contribution in [3.8, 4) is 0 Å². The monoisotopic (exact) mass is 423 g/mol. The van der Waals surface area contributed by atoms with E-state index >= 15 is 0 Å². The van der Waals surface area contributed by atoms with Crippen LogP contribution in [0, 0.1) is 37.0 Å². The number of hydrogen-bond donors (Lipinski definition) is 1. The van der Waals surface area contributed by atoms with Gasteiger partial charge in [0.1, 0.15) is 12.0 Å². The zero-order valence-corrected chi connectivity index (χ0v) is 19.7. The number of aryl methyl sites for hydroxylation is 1. The second-order valence-corrected chi connectivity index (χ2v) is 11.0. The van der Waals surface area contributed by atoms with E-state index in [-0.39, 0.29) is 23.4 Å². The molecular weight excluding hydrogens is 384 g/mol. The minimum Gasteiger partial charge on any atom is -0.461 e. The highest BCUT2D eigenvalue weighted by atomic mass is 16.6. The Morgan fingerprint density at radius 2 is 2.00 bits per heavy atom. The van der Waals surface area contributed by atoms with Crippen LogP contribution < -0.4 is 9.80 Å². The summed E-state index contributed by atoms with van der Waals surface area (Å²) in [6, 6.07) is 6.62. The molecule has 1 N–H and O–H groups in total. The minimum atomic E-state index is 0.0402. The first kappa shape index (κ1) is 21.1. The van der Waals surface area contributed by atoms with Crippen molar-refractivity contribution in [3.05, 3.63) is 41.0 Å². The number of nitrogens with zero attached hydrogens (tertiary/aromatic N) is 1. The summed E-state index contributed by atoms with van der Waals surface area (Å²) in [5.41, 5.74) is 6.01. The first-order valence-corrected chi connectivity index (χ1v) is 12.4. The van der Waals surface area contributed by atoms with E-state index in [4.69, 9.17) is 4.74 Å². The summed E-state index contributed by atoms with van der Waals surface area (Å²) in [7, 11) is 0. The fourth-order valence-electron chi connectivity index (χ4n) is 6.94. The number of hydrogen-bond acceptors (Lipinski definition) is 3. The van der Waals surface area contributed by atoms with Gasteiger partial charge in [0.15, 0.2) is 0 Å². The lowest BCUT2D eigenvalue weighted by atomic mass is 9.59. The van der Waals surface area contributed by atoms with Crippen molar-refractivity contribution in [2.24, 2.45) is 23.2 Å². The van der Waals surface area contributed by atoms with Crippen molar-refractivity contribution in [2.75, 3.05) is 37.6 Å². The highest BCUT2D eigenvalue weighted by Crippen LogP contribution is 2.53. The number of rotatable bonds is 3. The Hall–Kier alpha value is -1.81. The van der Waals surface area contributed by atoms with E-state index in [1.165, 1.54) is 36.1 Å². The zero-order valence-electron chi connectivity index (χ0n) is 19.7. The van der Waals surface area contributed by atoms with Crippen molar-refractivity contribution in [1.82, 2.24) is 0 Å². The molecule has 0 spiro atoms. The van der Waals surface area contributed by atoms with Gasteiger partial charge in [0.05, 0.1) is 32.7 Å². The van der Waals surface area contributed by atoms with Gasteiger partial charge in [0.25, 0.3) is 0 Å². The summed E-state index contributed by atoms with van der Waals surface area (Å²) in [4.78, 5) is 17.0. The fourth-order valence-corrected chi connectivity index (χ4v) is 6.94.